The molecular weight excluding hydrogens is 428 g/mol. The summed E-state index contributed by atoms with van der Waals surface area (Å²) in [6, 6.07) is 25.8. The number of fused-ring (bicyclic) bond motifs is 1. The van der Waals surface area contributed by atoms with Crippen molar-refractivity contribution in [2.45, 2.75) is 13.0 Å². The van der Waals surface area contributed by atoms with Crippen LogP contribution in [-0.4, -0.2) is 24.0 Å². The molecular formula is C28H24N2O4. The van der Waals surface area contributed by atoms with Gasteiger partial charge in [-0.05, 0) is 42.8 Å². The normalized spacial score (nSPS) is 11.8. The maximum atomic E-state index is 13.2. The number of esters is 1. The molecule has 1 N–H and O–H groups in total. The molecule has 1 aromatic heterocycles. The first-order valence-electron chi connectivity index (χ1n) is 10.8. The number of benzene rings is 3. The summed E-state index contributed by atoms with van der Waals surface area (Å²) in [5.74, 6) is -0.629. The van der Waals surface area contributed by atoms with E-state index in [0.29, 0.717) is 22.7 Å². The quantitative estimate of drug-likeness (QED) is 0.296. The van der Waals surface area contributed by atoms with E-state index in [1.807, 2.05) is 55.5 Å². The number of hydrogen-bond acceptors (Lipinski definition) is 5. The molecule has 0 saturated heterocycles. The molecule has 170 valence electrons. The van der Waals surface area contributed by atoms with E-state index in [1.165, 1.54) is 13.2 Å². The molecule has 0 saturated carbocycles. The van der Waals surface area contributed by atoms with Crippen LogP contribution in [0.25, 0.3) is 17.0 Å². The van der Waals surface area contributed by atoms with Gasteiger partial charge in [-0.2, -0.15) is 0 Å². The molecule has 0 radical (unpaired) electrons. The number of rotatable bonds is 7. The third kappa shape index (κ3) is 5.48. The van der Waals surface area contributed by atoms with E-state index in [1.54, 1.807) is 42.5 Å². The third-order valence-corrected chi connectivity index (χ3v) is 5.20. The second kappa shape index (κ2) is 10.4. The highest BCUT2D eigenvalue weighted by Crippen LogP contribution is 2.28. The highest BCUT2D eigenvalue weighted by Gasteiger charge is 2.25. The number of carbonyl (C=O) groups excluding carboxylic acids is 2. The Bertz CT molecular complexity index is 1350. The summed E-state index contributed by atoms with van der Waals surface area (Å²) in [5.41, 5.74) is 3.44. The van der Waals surface area contributed by atoms with E-state index in [-0.39, 0.29) is 0 Å². The van der Waals surface area contributed by atoms with E-state index < -0.39 is 18.0 Å². The monoisotopic (exact) mass is 452 g/mol. The molecule has 4 rings (SSSR count). The number of methoxy groups -OCH3 is 1. The van der Waals surface area contributed by atoms with Crippen LogP contribution in [0.15, 0.2) is 91.0 Å². The Morgan fingerprint density at radius 2 is 1.71 bits per heavy atom. The predicted molar refractivity (Wildman–Crippen MR) is 132 cm³/mol. The highest BCUT2D eigenvalue weighted by atomic mass is 16.5. The molecule has 3 aromatic carbocycles. The van der Waals surface area contributed by atoms with E-state index in [9.17, 15) is 9.59 Å². The summed E-state index contributed by atoms with van der Waals surface area (Å²) in [6.45, 7) is 1.91. The van der Waals surface area contributed by atoms with E-state index in [4.69, 9.17) is 9.47 Å². The van der Waals surface area contributed by atoms with Gasteiger partial charge in [0.05, 0.1) is 24.0 Å². The number of anilines is 1. The molecule has 0 aliphatic carbocycles. The van der Waals surface area contributed by atoms with E-state index >= 15 is 0 Å². The summed E-state index contributed by atoms with van der Waals surface area (Å²) in [5, 5.41) is 3.83. The number of carbonyl (C=O) groups is 2. The fourth-order valence-corrected chi connectivity index (χ4v) is 3.50. The second-order valence-corrected chi connectivity index (χ2v) is 7.68. The lowest BCUT2D eigenvalue weighted by Gasteiger charge is -2.18. The van der Waals surface area contributed by atoms with Gasteiger partial charge in [0.1, 0.15) is 5.75 Å². The Kier molecular flexibility index (Phi) is 6.98. The van der Waals surface area contributed by atoms with Gasteiger partial charge < -0.3 is 14.8 Å². The zero-order valence-corrected chi connectivity index (χ0v) is 18.9. The molecule has 0 spiro atoms. The molecule has 0 aliphatic rings. The molecule has 34 heavy (non-hydrogen) atoms. The van der Waals surface area contributed by atoms with Crippen molar-refractivity contribution in [3.8, 4) is 5.75 Å². The van der Waals surface area contributed by atoms with Crippen LogP contribution in [0, 0.1) is 6.92 Å². The number of amides is 1. The van der Waals surface area contributed by atoms with E-state index in [2.05, 4.69) is 10.3 Å². The molecule has 1 atom stereocenters. The molecule has 0 fully saturated rings. The summed E-state index contributed by atoms with van der Waals surface area (Å²) in [7, 11) is 1.53. The molecule has 4 aromatic rings. The zero-order chi connectivity index (χ0) is 23.9. The lowest BCUT2D eigenvalue weighted by molar-refractivity contribution is -0.149. The third-order valence-electron chi connectivity index (χ3n) is 5.20. The Morgan fingerprint density at radius 1 is 0.941 bits per heavy atom. The fourth-order valence-electron chi connectivity index (χ4n) is 3.50. The van der Waals surface area contributed by atoms with Crippen LogP contribution < -0.4 is 10.1 Å². The molecule has 0 bridgehead atoms. The maximum absolute atomic E-state index is 13.2. The SMILES string of the molecule is COc1ccc(C)cc1NC(=O)C(OC(=O)/C=C/c1ccc2ccccc2n1)c1ccccc1. The average molecular weight is 453 g/mol. The summed E-state index contributed by atoms with van der Waals surface area (Å²) < 4.78 is 10.9. The molecule has 0 aliphatic heterocycles. The minimum absolute atomic E-state index is 0.485. The second-order valence-electron chi connectivity index (χ2n) is 7.68. The minimum atomic E-state index is -1.15. The van der Waals surface area contributed by atoms with Crippen LogP contribution in [0.2, 0.25) is 0 Å². The zero-order valence-electron chi connectivity index (χ0n) is 18.9. The van der Waals surface area contributed by atoms with Crippen molar-refractivity contribution in [3.63, 3.8) is 0 Å². The lowest BCUT2D eigenvalue weighted by Crippen LogP contribution is -2.25. The van der Waals surface area contributed by atoms with Crippen LogP contribution in [0.4, 0.5) is 5.69 Å². The van der Waals surface area contributed by atoms with Gasteiger partial charge in [-0.15, -0.1) is 0 Å². The Morgan fingerprint density at radius 3 is 2.50 bits per heavy atom. The van der Waals surface area contributed by atoms with Crippen molar-refractivity contribution in [2.24, 2.45) is 0 Å². The highest BCUT2D eigenvalue weighted by molar-refractivity contribution is 5.98. The molecule has 6 nitrogen and oxygen atoms in total. The number of hydrogen-bond donors (Lipinski definition) is 1. The Balaban J connectivity index is 1.54. The van der Waals surface area contributed by atoms with Crippen molar-refractivity contribution < 1.29 is 19.1 Å². The Hall–Kier alpha value is -4.45. The number of para-hydroxylation sites is 1. The standard InChI is InChI=1S/C28H24N2O4/c1-19-12-16-25(33-2)24(18-19)30-28(32)27(21-9-4-3-5-10-21)34-26(31)17-15-22-14-13-20-8-6-7-11-23(20)29-22/h3-18,27H,1-2H3,(H,30,32)/b17-15+. The first-order valence-corrected chi connectivity index (χ1v) is 10.8. The molecule has 1 heterocycles. The number of nitrogens with zero attached hydrogens (tertiary/aromatic N) is 1. The van der Waals surface area contributed by atoms with Crippen LogP contribution in [0.3, 0.4) is 0 Å². The van der Waals surface area contributed by atoms with Crippen molar-refractivity contribution >= 4 is 34.5 Å². The fraction of sp³-hybridized carbons (Fsp3) is 0.107. The summed E-state index contributed by atoms with van der Waals surface area (Å²) in [4.78, 5) is 30.3. The smallest absolute Gasteiger partial charge is 0.331 e. The van der Waals surface area contributed by atoms with Gasteiger partial charge in [-0.3, -0.25) is 4.79 Å². The van der Waals surface area contributed by atoms with Gasteiger partial charge in [0, 0.05) is 17.0 Å². The van der Waals surface area contributed by atoms with Crippen molar-refractivity contribution in [1.82, 2.24) is 4.98 Å². The topological polar surface area (TPSA) is 77.5 Å². The van der Waals surface area contributed by atoms with Gasteiger partial charge in [0.25, 0.3) is 5.91 Å². The van der Waals surface area contributed by atoms with Crippen LogP contribution in [0.1, 0.15) is 22.9 Å². The number of pyridine rings is 1. The predicted octanol–water partition coefficient (Wildman–Crippen LogP) is 5.49. The lowest BCUT2D eigenvalue weighted by atomic mass is 10.1. The number of nitrogens with one attached hydrogen (secondary N) is 1. The first kappa shape index (κ1) is 22.7. The van der Waals surface area contributed by atoms with Crippen molar-refractivity contribution in [1.29, 1.82) is 0 Å². The molecule has 1 amide bonds. The van der Waals surface area contributed by atoms with Gasteiger partial charge in [0.2, 0.25) is 6.10 Å². The first-order chi connectivity index (χ1) is 16.5. The minimum Gasteiger partial charge on any atom is -0.495 e. The van der Waals surface area contributed by atoms with Crippen molar-refractivity contribution in [2.75, 3.05) is 12.4 Å². The van der Waals surface area contributed by atoms with Gasteiger partial charge >= 0.3 is 5.97 Å². The van der Waals surface area contributed by atoms with E-state index in [0.717, 1.165) is 16.5 Å². The van der Waals surface area contributed by atoms with Crippen molar-refractivity contribution in [3.05, 3.63) is 108 Å². The average Bonchev–Trinajstić information content (AvgIpc) is 2.86. The number of ether oxygens (including phenoxy) is 2. The van der Waals surface area contributed by atoms with Gasteiger partial charge in [-0.1, -0.05) is 60.7 Å². The number of aryl methyl sites for hydroxylation is 1. The van der Waals surface area contributed by atoms with Crippen LogP contribution >= 0.6 is 0 Å². The van der Waals surface area contributed by atoms with Crippen LogP contribution in [-0.2, 0) is 14.3 Å². The Labute approximate surface area is 197 Å². The summed E-state index contributed by atoms with van der Waals surface area (Å²) >= 11 is 0. The summed E-state index contributed by atoms with van der Waals surface area (Å²) in [6.07, 6.45) is 1.69. The maximum Gasteiger partial charge on any atom is 0.331 e. The van der Waals surface area contributed by atoms with Gasteiger partial charge in [-0.25, -0.2) is 9.78 Å². The van der Waals surface area contributed by atoms with Gasteiger partial charge in [0.15, 0.2) is 0 Å². The molecule has 6 heteroatoms. The molecule has 1 unspecified atom stereocenters. The number of aromatic nitrogens is 1. The van der Waals surface area contributed by atoms with Crippen LogP contribution in [0.5, 0.6) is 5.75 Å². The largest absolute Gasteiger partial charge is 0.495 e.